The van der Waals surface area contributed by atoms with Gasteiger partial charge < -0.3 is 5.11 Å². The molecule has 3 aromatic heterocycles. The number of hydrogen-bond acceptors (Lipinski definition) is 5. The van der Waals surface area contributed by atoms with Crippen molar-refractivity contribution in [2.45, 2.75) is 0 Å². The molecular formula is C20H13N5O. The van der Waals surface area contributed by atoms with Gasteiger partial charge in [-0.25, -0.2) is 0 Å². The molecule has 0 saturated carbocycles. The molecule has 3 heterocycles. The van der Waals surface area contributed by atoms with Crippen LogP contribution in [0.15, 0.2) is 73.1 Å². The van der Waals surface area contributed by atoms with E-state index in [-0.39, 0.29) is 5.75 Å². The lowest BCUT2D eigenvalue weighted by Gasteiger charge is -2.08. The summed E-state index contributed by atoms with van der Waals surface area (Å²) in [5.74, 6) is 0.883. The molecule has 0 radical (unpaired) electrons. The topological polar surface area (TPSA) is 76.2 Å². The number of pyridine rings is 1. The minimum atomic E-state index is 0.223. The molecular weight excluding hydrogens is 326 g/mol. The second kappa shape index (κ2) is 5.63. The third kappa shape index (κ3) is 2.20. The molecule has 0 unspecified atom stereocenters. The van der Waals surface area contributed by atoms with Crippen LogP contribution in [0.4, 0.5) is 0 Å². The van der Waals surface area contributed by atoms with E-state index in [1.807, 2.05) is 48.5 Å². The lowest BCUT2D eigenvalue weighted by atomic mass is 10.0. The van der Waals surface area contributed by atoms with Crippen molar-refractivity contribution in [3.05, 3.63) is 73.1 Å². The minimum absolute atomic E-state index is 0.223. The van der Waals surface area contributed by atoms with Gasteiger partial charge in [-0.05, 0) is 36.4 Å². The van der Waals surface area contributed by atoms with Crippen molar-refractivity contribution in [1.82, 2.24) is 24.8 Å². The van der Waals surface area contributed by atoms with Crippen molar-refractivity contribution in [3.8, 4) is 28.4 Å². The molecule has 6 nitrogen and oxygen atoms in total. The van der Waals surface area contributed by atoms with E-state index in [0.717, 1.165) is 27.6 Å². The zero-order valence-corrected chi connectivity index (χ0v) is 13.6. The van der Waals surface area contributed by atoms with Crippen molar-refractivity contribution >= 4 is 16.4 Å². The second-order valence-electron chi connectivity index (χ2n) is 5.94. The molecule has 0 aliphatic heterocycles. The van der Waals surface area contributed by atoms with E-state index in [1.54, 1.807) is 29.0 Å². The van der Waals surface area contributed by atoms with Gasteiger partial charge in [0.15, 0.2) is 11.5 Å². The predicted octanol–water partition coefficient (Wildman–Crippen LogP) is 3.71. The van der Waals surface area contributed by atoms with Gasteiger partial charge in [-0.15, -0.1) is 10.2 Å². The molecule has 5 rings (SSSR count). The Morgan fingerprint density at radius 1 is 0.731 bits per heavy atom. The summed E-state index contributed by atoms with van der Waals surface area (Å²) in [4.78, 5) is 4.06. The molecule has 124 valence electrons. The van der Waals surface area contributed by atoms with Gasteiger partial charge in [-0.1, -0.05) is 24.3 Å². The summed E-state index contributed by atoms with van der Waals surface area (Å²) in [6.45, 7) is 0. The van der Waals surface area contributed by atoms with E-state index in [1.165, 1.54) is 0 Å². The molecule has 0 aliphatic rings. The maximum Gasteiger partial charge on any atom is 0.186 e. The Hall–Kier alpha value is -3.80. The predicted molar refractivity (Wildman–Crippen MR) is 98.6 cm³/mol. The van der Waals surface area contributed by atoms with Crippen LogP contribution in [0.1, 0.15) is 0 Å². The van der Waals surface area contributed by atoms with E-state index in [4.69, 9.17) is 5.10 Å². The third-order valence-corrected chi connectivity index (χ3v) is 4.34. The molecule has 26 heavy (non-hydrogen) atoms. The van der Waals surface area contributed by atoms with Gasteiger partial charge in [0, 0.05) is 34.3 Å². The summed E-state index contributed by atoms with van der Waals surface area (Å²) in [5, 5.41) is 25.1. The van der Waals surface area contributed by atoms with Gasteiger partial charge in [0.05, 0.1) is 5.69 Å². The molecule has 0 fully saturated rings. The molecule has 0 saturated heterocycles. The minimum Gasteiger partial charge on any atom is -0.508 e. The summed E-state index contributed by atoms with van der Waals surface area (Å²) in [6, 6.07) is 18.8. The van der Waals surface area contributed by atoms with E-state index in [9.17, 15) is 5.11 Å². The fraction of sp³-hybridized carbons (Fsp3) is 0. The Labute approximate surface area is 148 Å². The molecule has 0 amide bonds. The Kier molecular flexibility index (Phi) is 3.15. The highest BCUT2D eigenvalue weighted by Gasteiger charge is 2.16. The number of phenols is 1. The lowest BCUT2D eigenvalue weighted by molar-refractivity contribution is 0.475. The van der Waals surface area contributed by atoms with Crippen molar-refractivity contribution in [2.75, 3.05) is 0 Å². The standard InChI is InChI=1S/C20H13N5O/c26-15-7-5-13(6-8-15)18-16-3-1-2-4-17(16)20-23-22-19(25(20)24-18)14-9-11-21-12-10-14/h1-12,26H. The highest BCUT2D eigenvalue weighted by Crippen LogP contribution is 2.31. The maximum atomic E-state index is 9.60. The Morgan fingerprint density at radius 2 is 1.46 bits per heavy atom. The average molecular weight is 339 g/mol. The molecule has 0 atom stereocenters. The second-order valence-corrected chi connectivity index (χ2v) is 5.94. The summed E-state index contributed by atoms with van der Waals surface area (Å²) in [5.41, 5.74) is 3.32. The Bertz CT molecular complexity index is 1230. The molecule has 0 spiro atoms. The number of fused-ring (bicyclic) bond motifs is 3. The smallest absolute Gasteiger partial charge is 0.186 e. The van der Waals surface area contributed by atoms with Crippen LogP contribution in [0.2, 0.25) is 0 Å². The van der Waals surface area contributed by atoms with E-state index < -0.39 is 0 Å². The molecule has 5 aromatic rings. The first kappa shape index (κ1) is 14.5. The highest BCUT2D eigenvalue weighted by molar-refractivity contribution is 6.01. The molecule has 0 aliphatic carbocycles. The first-order chi connectivity index (χ1) is 12.8. The number of phenolic OH excluding ortho intramolecular Hbond substituents is 1. The summed E-state index contributed by atoms with van der Waals surface area (Å²) in [7, 11) is 0. The van der Waals surface area contributed by atoms with Crippen LogP contribution >= 0.6 is 0 Å². The van der Waals surface area contributed by atoms with E-state index in [2.05, 4.69) is 15.2 Å². The van der Waals surface area contributed by atoms with Gasteiger partial charge in [0.25, 0.3) is 0 Å². The number of hydrogen-bond donors (Lipinski definition) is 1. The van der Waals surface area contributed by atoms with Gasteiger partial charge in [0.2, 0.25) is 0 Å². The number of aromatic hydroxyl groups is 1. The Morgan fingerprint density at radius 3 is 2.23 bits per heavy atom. The van der Waals surface area contributed by atoms with Crippen LogP contribution in [0.25, 0.3) is 39.1 Å². The normalized spacial score (nSPS) is 11.2. The van der Waals surface area contributed by atoms with E-state index >= 15 is 0 Å². The quantitative estimate of drug-likeness (QED) is 0.530. The summed E-state index contributed by atoms with van der Waals surface area (Å²) < 4.78 is 1.76. The van der Waals surface area contributed by atoms with Gasteiger partial charge in [-0.3, -0.25) is 4.98 Å². The van der Waals surface area contributed by atoms with Crippen LogP contribution in [0.5, 0.6) is 5.75 Å². The molecule has 2 aromatic carbocycles. The number of benzene rings is 2. The largest absolute Gasteiger partial charge is 0.508 e. The van der Waals surface area contributed by atoms with Crippen molar-refractivity contribution in [2.24, 2.45) is 0 Å². The number of aromatic nitrogens is 5. The third-order valence-electron chi connectivity index (χ3n) is 4.34. The fourth-order valence-electron chi connectivity index (χ4n) is 3.09. The number of nitrogens with zero attached hydrogens (tertiary/aromatic N) is 5. The zero-order chi connectivity index (χ0) is 17.5. The van der Waals surface area contributed by atoms with Gasteiger partial charge >= 0.3 is 0 Å². The first-order valence-corrected chi connectivity index (χ1v) is 8.15. The van der Waals surface area contributed by atoms with Crippen molar-refractivity contribution < 1.29 is 5.11 Å². The van der Waals surface area contributed by atoms with Crippen LogP contribution in [0.3, 0.4) is 0 Å². The van der Waals surface area contributed by atoms with Crippen LogP contribution in [0, 0.1) is 0 Å². The summed E-state index contributed by atoms with van der Waals surface area (Å²) in [6.07, 6.45) is 3.44. The van der Waals surface area contributed by atoms with E-state index in [0.29, 0.717) is 11.5 Å². The fourth-order valence-corrected chi connectivity index (χ4v) is 3.09. The van der Waals surface area contributed by atoms with Crippen molar-refractivity contribution in [1.29, 1.82) is 0 Å². The van der Waals surface area contributed by atoms with Gasteiger partial charge in [-0.2, -0.15) is 9.61 Å². The lowest BCUT2D eigenvalue weighted by Crippen LogP contribution is -1.99. The Balaban J connectivity index is 1.87. The average Bonchev–Trinajstić information content (AvgIpc) is 3.13. The van der Waals surface area contributed by atoms with Crippen molar-refractivity contribution in [3.63, 3.8) is 0 Å². The maximum absolute atomic E-state index is 9.60. The summed E-state index contributed by atoms with van der Waals surface area (Å²) >= 11 is 0. The highest BCUT2D eigenvalue weighted by atomic mass is 16.3. The number of rotatable bonds is 2. The SMILES string of the molecule is Oc1ccc(-c2nn3c(-c4ccncc4)nnc3c3ccccc23)cc1. The molecule has 1 N–H and O–H groups in total. The van der Waals surface area contributed by atoms with Crippen LogP contribution in [-0.2, 0) is 0 Å². The van der Waals surface area contributed by atoms with Crippen LogP contribution in [-0.4, -0.2) is 29.9 Å². The van der Waals surface area contributed by atoms with Crippen LogP contribution < -0.4 is 0 Å². The first-order valence-electron chi connectivity index (χ1n) is 8.15. The zero-order valence-electron chi connectivity index (χ0n) is 13.6. The molecule has 0 bridgehead atoms. The molecule has 6 heteroatoms. The van der Waals surface area contributed by atoms with Gasteiger partial charge in [0.1, 0.15) is 5.75 Å². The monoisotopic (exact) mass is 339 g/mol.